The third-order valence-corrected chi connectivity index (χ3v) is 13.5. The van der Waals surface area contributed by atoms with Crippen LogP contribution in [0.1, 0.15) is 138 Å². The van der Waals surface area contributed by atoms with Crippen molar-refractivity contribution in [3.8, 4) is 0 Å². The Balaban J connectivity index is 3.77. The lowest BCUT2D eigenvalue weighted by Gasteiger charge is -2.28. The zero-order chi connectivity index (χ0) is 59.9. The molecule has 8 amide bonds. The van der Waals surface area contributed by atoms with E-state index < -0.39 is 170 Å². The highest BCUT2D eigenvalue weighted by atomic mass is 16.3. The molecule has 27 heteroatoms. The van der Waals surface area contributed by atoms with Gasteiger partial charge in [-0.15, -0.1) is 0 Å². The lowest BCUT2D eigenvalue weighted by atomic mass is 9.88. The molecule has 452 valence electrons. The van der Waals surface area contributed by atoms with E-state index in [4.69, 9.17) is 22.9 Å². The highest BCUT2D eigenvalue weighted by molar-refractivity contribution is 5.99. The van der Waals surface area contributed by atoms with E-state index in [1.54, 1.807) is 13.8 Å². The maximum Gasteiger partial charge on any atom is 0.245 e. The molecule has 0 bridgehead atoms. The number of unbranched alkanes of at least 4 members (excludes halogenated alkanes) is 4. The smallest absolute Gasteiger partial charge is 0.245 e. The average molecular weight is 1130 g/mol. The van der Waals surface area contributed by atoms with Crippen LogP contribution < -0.4 is 65.5 Å². The normalized spacial score (nSPS) is 24.0. The fourth-order valence-corrected chi connectivity index (χ4v) is 8.96. The van der Waals surface area contributed by atoms with Gasteiger partial charge >= 0.3 is 0 Å². The Morgan fingerprint density at radius 2 is 1.15 bits per heavy atom. The molecule has 1 aliphatic heterocycles. The summed E-state index contributed by atoms with van der Waals surface area (Å²) in [6.07, 6.45) is -1.96. The van der Waals surface area contributed by atoms with Crippen molar-refractivity contribution in [2.24, 2.45) is 46.6 Å². The lowest BCUT2D eigenvalue weighted by molar-refractivity contribution is -0.138. The van der Waals surface area contributed by atoms with Gasteiger partial charge in [-0.2, -0.15) is 0 Å². The fraction of sp³-hybridized carbons (Fsp3) is 0.788. The topological polar surface area (TPSA) is 469 Å². The zero-order valence-electron chi connectivity index (χ0n) is 47.0. The van der Waals surface area contributed by atoms with Crippen LogP contribution in [-0.2, 0) is 52.7 Å². The largest absolute Gasteiger partial charge is 0.394 e. The van der Waals surface area contributed by atoms with E-state index in [-0.39, 0.29) is 82.8 Å². The number of nitrogens with two attached hydrogens (primary N) is 4. The number of amides is 8. The summed E-state index contributed by atoms with van der Waals surface area (Å²) < 4.78 is 0. The first-order valence-corrected chi connectivity index (χ1v) is 27.7. The number of ketones is 3. The third kappa shape index (κ3) is 26.1. The summed E-state index contributed by atoms with van der Waals surface area (Å²) in [4.78, 5) is 151. The van der Waals surface area contributed by atoms with E-state index in [0.29, 0.717) is 6.42 Å². The lowest BCUT2D eigenvalue weighted by Crippen LogP contribution is -2.61. The SMILES string of the molecule is CCCCCCCC(=O)C[C@@H](CCN)C(=O)N[C@H](C(=O)C[C@@H](CCN)C(=O)N[C@H]1CCNC(=O)[C@H]([C@@H](C)O)NC(=O)[C@H](CO)NC(=O)[C@H](CCN)NC(=O)[C@H]([C@@H](C)O)NC(=O)[C@@H](CC(C)C)CC(=O)[C@H](CCN)NC1=O)[C@@H](C)O. The molecule has 0 aromatic carbocycles. The van der Waals surface area contributed by atoms with Crippen molar-refractivity contribution < 1.29 is 73.2 Å². The minimum absolute atomic E-state index is 0.0515. The average Bonchev–Trinajstić information content (AvgIpc) is 3.37. The number of rotatable bonds is 29. The van der Waals surface area contributed by atoms with E-state index in [1.807, 2.05) is 0 Å². The van der Waals surface area contributed by atoms with Crippen LogP contribution in [-0.4, -0.2) is 185 Å². The van der Waals surface area contributed by atoms with E-state index >= 15 is 0 Å². The summed E-state index contributed by atoms with van der Waals surface area (Å²) in [5.74, 6) is -13.0. The minimum Gasteiger partial charge on any atom is -0.394 e. The first-order valence-electron chi connectivity index (χ1n) is 27.7. The Labute approximate surface area is 463 Å². The van der Waals surface area contributed by atoms with Crippen molar-refractivity contribution >= 4 is 64.6 Å². The molecule has 1 aliphatic rings. The minimum atomic E-state index is -1.77. The predicted octanol–water partition coefficient (Wildman–Crippen LogP) is -4.44. The molecule has 1 rings (SSSR count). The number of aliphatic hydroxyl groups is 4. The van der Waals surface area contributed by atoms with Crippen LogP contribution in [0.3, 0.4) is 0 Å². The summed E-state index contributed by atoms with van der Waals surface area (Å²) in [6, 6.07) is -11.3. The van der Waals surface area contributed by atoms with Gasteiger partial charge in [-0.05, 0) is 97.8 Å². The summed E-state index contributed by atoms with van der Waals surface area (Å²) in [6.45, 7) is 7.22. The van der Waals surface area contributed by atoms with Crippen molar-refractivity contribution in [2.45, 2.75) is 198 Å². The van der Waals surface area contributed by atoms with Gasteiger partial charge in [0.05, 0.1) is 31.0 Å². The molecular weight excluding hydrogens is 1030 g/mol. The Morgan fingerprint density at radius 1 is 0.620 bits per heavy atom. The van der Waals surface area contributed by atoms with Crippen molar-refractivity contribution in [3.63, 3.8) is 0 Å². The van der Waals surface area contributed by atoms with Gasteiger partial charge in [0.1, 0.15) is 42.0 Å². The van der Waals surface area contributed by atoms with Crippen molar-refractivity contribution in [3.05, 3.63) is 0 Å². The number of carbonyl (C=O) groups excluding carboxylic acids is 11. The summed E-state index contributed by atoms with van der Waals surface area (Å²) in [5, 5.41) is 61.7. The van der Waals surface area contributed by atoms with Crippen molar-refractivity contribution in [1.29, 1.82) is 0 Å². The molecule has 0 radical (unpaired) electrons. The number of hydrogen-bond acceptors (Lipinski definition) is 19. The predicted molar refractivity (Wildman–Crippen MR) is 290 cm³/mol. The van der Waals surface area contributed by atoms with Gasteiger partial charge in [-0.25, -0.2) is 0 Å². The summed E-state index contributed by atoms with van der Waals surface area (Å²) in [5.41, 5.74) is 23.3. The third-order valence-electron chi connectivity index (χ3n) is 13.5. The Kier molecular flexibility index (Phi) is 34.5. The molecule has 0 unspecified atom stereocenters. The number of carbonyl (C=O) groups is 11. The van der Waals surface area contributed by atoms with Gasteiger partial charge in [0.15, 0.2) is 11.6 Å². The molecule has 1 heterocycles. The molecule has 0 saturated carbocycles. The molecule has 0 aromatic rings. The number of nitrogens with one attached hydrogen (secondary N) is 8. The molecule has 1 fully saturated rings. The highest BCUT2D eigenvalue weighted by Crippen LogP contribution is 2.20. The molecule has 79 heavy (non-hydrogen) atoms. The van der Waals surface area contributed by atoms with Crippen LogP contribution in [0.4, 0.5) is 0 Å². The summed E-state index contributed by atoms with van der Waals surface area (Å²) >= 11 is 0. The summed E-state index contributed by atoms with van der Waals surface area (Å²) in [7, 11) is 0. The molecule has 0 spiro atoms. The Morgan fingerprint density at radius 3 is 1.70 bits per heavy atom. The zero-order valence-corrected chi connectivity index (χ0v) is 47.0. The van der Waals surface area contributed by atoms with E-state index in [2.05, 4.69) is 49.5 Å². The van der Waals surface area contributed by atoms with Crippen LogP contribution in [0.2, 0.25) is 0 Å². The first-order chi connectivity index (χ1) is 37.3. The van der Waals surface area contributed by atoms with E-state index in [0.717, 1.165) is 32.6 Å². The highest BCUT2D eigenvalue weighted by Gasteiger charge is 2.38. The van der Waals surface area contributed by atoms with Crippen LogP contribution in [0, 0.1) is 23.7 Å². The van der Waals surface area contributed by atoms with E-state index in [1.165, 1.54) is 13.8 Å². The molecular formula is C52H94N12O15. The monoisotopic (exact) mass is 1130 g/mol. The number of Topliss-reactive ketones (excluding diaryl/α,β-unsaturated/α-hetero) is 3. The Bertz CT molecular complexity index is 1990. The van der Waals surface area contributed by atoms with E-state index in [9.17, 15) is 73.2 Å². The second kappa shape index (κ2) is 38.2. The van der Waals surface area contributed by atoms with Gasteiger partial charge in [-0.1, -0.05) is 46.5 Å². The standard InChI is InChI=1S/C52H94N12O15/c1-7-8-9-10-11-12-35(69)24-32(13-18-53)46(73)62-42(29(4)66)41(71)25-33(14-19-54)45(72)59-38-17-22-57-51(78)43(30(5)67)64-50(77)39(27-65)61-48(75)37(16-21-56)60-52(79)44(31(6)68)63-47(74)34(23-28(2)3)26-40(70)36(15-20-55)58-49(38)76/h28-34,36-39,42-44,65-68H,7-27,53-56H2,1-6H3,(H,57,78)(H,58,76)(H,59,72)(H,60,79)(H,61,75)(H,62,73)(H,63,74)(H,64,77)/t29-,30-,31-,32-,33-,34+,36+,37+,38+,39+,42+,43+,44+/m1/s1. The molecule has 0 aromatic heterocycles. The number of aliphatic hydroxyl groups excluding tert-OH is 4. The molecule has 27 nitrogen and oxygen atoms in total. The van der Waals surface area contributed by atoms with Gasteiger partial charge in [-0.3, -0.25) is 52.7 Å². The van der Waals surface area contributed by atoms with Gasteiger partial charge in [0, 0.05) is 50.0 Å². The fourth-order valence-electron chi connectivity index (χ4n) is 8.96. The molecule has 13 atom stereocenters. The van der Waals surface area contributed by atoms with Crippen LogP contribution in [0.15, 0.2) is 0 Å². The van der Waals surface area contributed by atoms with Gasteiger partial charge < -0.3 is 85.9 Å². The second-order valence-corrected chi connectivity index (χ2v) is 21.0. The first kappa shape index (κ1) is 71.5. The maximum absolute atomic E-state index is 14.4. The van der Waals surface area contributed by atoms with Crippen LogP contribution in [0.25, 0.3) is 0 Å². The van der Waals surface area contributed by atoms with Gasteiger partial charge in [0.2, 0.25) is 47.3 Å². The number of hydrogen-bond donors (Lipinski definition) is 16. The molecule has 20 N–H and O–H groups in total. The van der Waals surface area contributed by atoms with Crippen LogP contribution in [0.5, 0.6) is 0 Å². The molecule has 0 aliphatic carbocycles. The van der Waals surface area contributed by atoms with Crippen LogP contribution >= 0.6 is 0 Å². The van der Waals surface area contributed by atoms with Crippen molar-refractivity contribution in [1.82, 2.24) is 42.5 Å². The quantitative estimate of drug-likeness (QED) is 0.0314. The van der Waals surface area contributed by atoms with Crippen molar-refractivity contribution in [2.75, 3.05) is 39.3 Å². The maximum atomic E-state index is 14.4. The Hall–Kier alpha value is -5.55. The van der Waals surface area contributed by atoms with Gasteiger partial charge in [0.25, 0.3) is 0 Å². The molecule has 1 saturated heterocycles. The second-order valence-electron chi connectivity index (χ2n) is 21.0.